The van der Waals surface area contributed by atoms with Crippen LogP contribution in [0.15, 0.2) is 0 Å². The number of carboxylic acid groups (broad SMARTS) is 2. The average Bonchev–Trinajstić information content (AvgIpc) is 2.12. The smallest absolute Gasteiger partial charge is 0.309 e. The van der Waals surface area contributed by atoms with Crippen molar-refractivity contribution in [1.29, 1.82) is 0 Å². The molecule has 0 saturated heterocycles. The van der Waals surface area contributed by atoms with Crippen LogP contribution in [-0.2, 0) is 9.59 Å². The number of carboxylic acids is 2. The minimum absolute atomic E-state index is 0.0949. The van der Waals surface area contributed by atoms with Gasteiger partial charge in [0.2, 0.25) is 0 Å². The van der Waals surface area contributed by atoms with Crippen molar-refractivity contribution in [3.8, 4) is 0 Å². The highest BCUT2D eigenvalue weighted by Gasteiger charge is 2.55. The third kappa shape index (κ3) is 3.10. The quantitative estimate of drug-likeness (QED) is 0.819. The van der Waals surface area contributed by atoms with Crippen LogP contribution in [0.25, 0.3) is 0 Å². The maximum absolute atomic E-state index is 11.7. The third-order valence-corrected chi connectivity index (χ3v) is 4.96. The molecule has 0 heterocycles. The first kappa shape index (κ1) is 17.9. The van der Waals surface area contributed by atoms with Crippen molar-refractivity contribution in [2.45, 2.75) is 61.8 Å². The Balaban J connectivity index is 5.83. The van der Waals surface area contributed by atoms with Crippen LogP contribution in [0.4, 0.5) is 0 Å². The van der Waals surface area contributed by atoms with Gasteiger partial charge in [-0.15, -0.1) is 0 Å². The normalized spacial score (nSPS) is 19.4. The van der Waals surface area contributed by atoms with Gasteiger partial charge in [0.25, 0.3) is 0 Å². The van der Waals surface area contributed by atoms with Gasteiger partial charge in [0.15, 0.2) is 0 Å². The van der Waals surface area contributed by atoms with Crippen LogP contribution in [0.5, 0.6) is 0 Å². The van der Waals surface area contributed by atoms with E-state index in [4.69, 9.17) is 0 Å². The molecule has 0 radical (unpaired) electrons. The Hall–Kier alpha value is -1.06. The fourth-order valence-corrected chi connectivity index (χ4v) is 2.03. The number of hydrogen-bond donors (Lipinski definition) is 2. The molecule has 0 aromatic carbocycles. The third-order valence-electron chi connectivity index (χ3n) is 4.96. The molecule has 0 aliphatic heterocycles. The Morgan fingerprint density at radius 1 is 0.684 bits per heavy atom. The highest BCUT2D eigenvalue weighted by Crippen LogP contribution is 2.52. The minimum atomic E-state index is -1.10. The summed E-state index contributed by atoms with van der Waals surface area (Å²) in [4.78, 5) is 23.4. The Labute approximate surface area is 116 Å². The summed E-state index contributed by atoms with van der Waals surface area (Å²) >= 11 is 0. The summed E-state index contributed by atoms with van der Waals surface area (Å²) in [7, 11) is 0. The summed E-state index contributed by atoms with van der Waals surface area (Å²) < 4.78 is 0. The summed E-state index contributed by atoms with van der Waals surface area (Å²) in [5.41, 5.74) is -3.26. The summed E-state index contributed by atoms with van der Waals surface area (Å²) in [5, 5.41) is 19.2. The number of rotatable bonds is 4. The molecule has 4 heteroatoms. The molecule has 4 nitrogen and oxygen atoms in total. The molecule has 0 spiro atoms. The van der Waals surface area contributed by atoms with E-state index in [1.54, 1.807) is 13.8 Å². The maximum atomic E-state index is 11.7. The van der Waals surface area contributed by atoms with Gasteiger partial charge in [0.05, 0.1) is 10.8 Å². The van der Waals surface area contributed by atoms with Crippen molar-refractivity contribution < 1.29 is 19.8 Å². The zero-order valence-corrected chi connectivity index (χ0v) is 13.4. The molecule has 0 fully saturated rings. The van der Waals surface area contributed by atoms with Gasteiger partial charge in [-0.2, -0.15) is 0 Å². The minimum Gasteiger partial charge on any atom is -0.481 e. The summed E-state index contributed by atoms with van der Waals surface area (Å²) in [6.07, 6.45) is 0.0949. The lowest BCUT2D eigenvalue weighted by molar-refractivity contribution is -0.169. The molecule has 2 unspecified atom stereocenters. The monoisotopic (exact) mass is 272 g/mol. The van der Waals surface area contributed by atoms with E-state index in [9.17, 15) is 19.8 Å². The van der Waals surface area contributed by atoms with E-state index in [1.807, 2.05) is 41.5 Å². The lowest BCUT2D eigenvalue weighted by Crippen LogP contribution is -2.50. The second kappa shape index (κ2) is 4.80. The molecule has 0 aliphatic carbocycles. The molecular weight excluding hydrogens is 244 g/mol. The summed E-state index contributed by atoms with van der Waals surface area (Å²) in [6.45, 7) is 14.3. The second-order valence-electron chi connectivity index (χ2n) is 7.95. The van der Waals surface area contributed by atoms with E-state index in [0.717, 1.165) is 0 Å². The second-order valence-corrected chi connectivity index (χ2v) is 7.95. The van der Waals surface area contributed by atoms with Crippen molar-refractivity contribution in [2.75, 3.05) is 0 Å². The van der Waals surface area contributed by atoms with Crippen LogP contribution in [0.1, 0.15) is 61.8 Å². The van der Waals surface area contributed by atoms with Gasteiger partial charge in [-0.05, 0) is 31.1 Å². The predicted octanol–water partition coefficient (Wildman–Crippen LogP) is 3.65. The predicted molar refractivity (Wildman–Crippen MR) is 75.0 cm³/mol. The van der Waals surface area contributed by atoms with Crippen molar-refractivity contribution in [3.05, 3.63) is 0 Å². The van der Waals surface area contributed by atoms with E-state index in [2.05, 4.69) is 0 Å². The van der Waals surface area contributed by atoms with E-state index in [0.29, 0.717) is 0 Å². The fourth-order valence-electron chi connectivity index (χ4n) is 2.03. The first-order chi connectivity index (χ1) is 8.09. The van der Waals surface area contributed by atoms with Gasteiger partial charge < -0.3 is 10.2 Å². The first-order valence-corrected chi connectivity index (χ1v) is 6.56. The first-order valence-electron chi connectivity index (χ1n) is 6.56. The van der Waals surface area contributed by atoms with Crippen LogP contribution in [0.3, 0.4) is 0 Å². The van der Waals surface area contributed by atoms with Crippen molar-refractivity contribution in [1.82, 2.24) is 0 Å². The molecule has 0 aromatic heterocycles. The number of hydrogen-bond acceptors (Lipinski definition) is 2. The van der Waals surface area contributed by atoms with Gasteiger partial charge >= 0.3 is 11.9 Å². The summed E-state index contributed by atoms with van der Waals surface area (Å²) in [6, 6.07) is 0. The van der Waals surface area contributed by atoms with Gasteiger partial charge in [0.1, 0.15) is 0 Å². The van der Waals surface area contributed by atoms with Crippen LogP contribution < -0.4 is 0 Å². The fraction of sp³-hybridized carbons (Fsp3) is 0.867. The summed E-state index contributed by atoms with van der Waals surface area (Å²) in [5.74, 6) is -1.89. The number of aliphatic carboxylic acids is 2. The molecule has 0 aromatic rings. The molecule has 0 rings (SSSR count). The van der Waals surface area contributed by atoms with Crippen LogP contribution >= 0.6 is 0 Å². The molecule has 2 atom stereocenters. The zero-order chi connectivity index (χ0) is 15.9. The largest absolute Gasteiger partial charge is 0.481 e. The zero-order valence-electron chi connectivity index (χ0n) is 13.4. The van der Waals surface area contributed by atoms with E-state index in [1.165, 1.54) is 0 Å². The highest BCUT2D eigenvalue weighted by atomic mass is 16.4. The standard InChI is InChI=1S/C15H28O4/c1-12(2,3)14(7,10(16)17)9-15(8,11(18)19)13(4,5)6/h9H2,1-8H3,(H,16,17)(H,18,19). The lowest BCUT2D eigenvalue weighted by atomic mass is 9.55. The van der Waals surface area contributed by atoms with E-state index < -0.39 is 33.6 Å². The van der Waals surface area contributed by atoms with Crippen LogP contribution in [-0.4, -0.2) is 22.2 Å². The molecule has 112 valence electrons. The molecule has 2 N–H and O–H groups in total. The van der Waals surface area contributed by atoms with Crippen molar-refractivity contribution in [2.24, 2.45) is 21.7 Å². The molecule has 0 amide bonds. The molecule has 0 saturated carbocycles. The van der Waals surface area contributed by atoms with Crippen LogP contribution in [0.2, 0.25) is 0 Å². The highest BCUT2D eigenvalue weighted by molar-refractivity contribution is 5.79. The number of carbonyl (C=O) groups is 2. The maximum Gasteiger partial charge on any atom is 0.309 e. The van der Waals surface area contributed by atoms with Crippen molar-refractivity contribution >= 4 is 11.9 Å². The molecule has 0 bridgehead atoms. The van der Waals surface area contributed by atoms with Gasteiger partial charge in [-0.1, -0.05) is 41.5 Å². The molecular formula is C15H28O4. The molecule has 0 aliphatic rings. The molecule has 19 heavy (non-hydrogen) atoms. The Morgan fingerprint density at radius 3 is 1.00 bits per heavy atom. The van der Waals surface area contributed by atoms with Crippen LogP contribution in [0, 0.1) is 21.7 Å². The van der Waals surface area contributed by atoms with Gasteiger partial charge in [-0.25, -0.2) is 0 Å². The Morgan fingerprint density at radius 2 is 0.895 bits per heavy atom. The van der Waals surface area contributed by atoms with Crippen molar-refractivity contribution in [3.63, 3.8) is 0 Å². The van der Waals surface area contributed by atoms with Gasteiger partial charge in [0, 0.05) is 0 Å². The van der Waals surface area contributed by atoms with Gasteiger partial charge in [-0.3, -0.25) is 9.59 Å². The van der Waals surface area contributed by atoms with E-state index >= 15 is 0 Å². The lowest BCUT2D eigenvalue weighted by Gasteiger charge is -2.47. The average molecular weight is 272 g/mol. The van der Waals surface area contributed by atoms with E-state index in [-0.39, 0.29) is 6.42 Å². The Kier molecular flexibility index (Phi) is 4.53. The topological polar surface area (TPSA) is 74.6 Å². The Bertz CT molecular complexity index is 337. The SMILES string of the molecule is CC(C)(C)C(C)(CC(C)(C(=O)O)C(C)(C)C)C(=O)O.